The first-order chi connectivity index (χ1) is 15.9. The molecule has 2 amide bonds. The first-order valence-corrected chi connectivity index (χ1v) is 12.3. The third-order valence-corrected chi connectivity index (χ3v) is 7.39. The van der Waals surface area contributed by atoms with Gasteiger partial charge in [0.15, 0.2) is 0 Å². The molecular weight excluding hydrogens is 436 g/mol. The lowest BCUT2D eigenvalue weighted by molar-refractivity contribution is -0.155. The maximum Gasteiger partial charge on any atom is 0.312 e. The minimum Gasteiger partial charge on any atom is -0.465 e. The lowest BCUT2D eigenvalue weighted by Gasteiger charge is -2.44. The van der Waals surface area contributed by atoms with E-state index in [2.05, 4.69) is 20.8 Å². The largest absolute Gasteiger partial charge is 0.465 e. The van der Waals surface area contributed by atoms with Crippen LogP contribution >= 0.6 is 0 Å². The van der Waals surface area contributed by atoms with Gasteiger partial charge in [0.1, 0.15) is 17.6 Å². The number of carbonyl (C=O) groups is 3. The number of β-amino-alcohol motifs (C(OH)–C–C–N with tert-alkyl or cyclic N) is 1. The monoisotopic (exact) mass is 474 g/mol. The molecule has 2 saturated heterocycles. The van der Waals surface area contributed by atoms with Gasteiger partial charge in [-0.3, -0.25) is 14.4 Å². The summed E-state index contributed by atoms with van der Waals surface area (Å²) in [6.45, 7) is 10.9. The molecule has 0 aliphatic carbocycles. The van der Waals surface area contributed by atoms with Crippen LogP contribution in [0.3, 0.4) is 0 Å². The Labute approximate surface area is 201 Å². The van der Waals surface area contributed by atoms with Crippen molar-refractivity contribution in [2.45, 2.75) is 77.2 Å². The molecule has 2 fully saturated rings. The molecule has 0 aromatic heterocycles. The predicted molar refractivity (Wildman–Crippen MR) is 126 cm³/mol. The predicted octanol–water partition coefficient (Wildman–Crippen LogP) is 2.07. The second-order valence-electron chi connectivity index (χ2n) is 11.7. The Morgan fingerprint density at radius 3 is 2.53 bits per heavy atom. The maximum absolute atomic E-state index is 14.2. The average molecular weight is 475 g/mol. The Hall–Kier alpha value is -2.19. The fourth-order valence-electron chi connectivity index (χ4n) is 6.54. The van der Waals surface area contributed by atoms with Crippen molar-refractivity contribution in [3.63, 3.8) is 0 Å². The zero-order valence-corrected chi connectivity index (χ0v) is 21.0. The van der Waals surface area contributed by atoms with Crippen LogP contribution in [0.25, 0.3) is 0 Å². The quantitative estimate of drug-likeness (QED) is 0.495. The van der Waals surface area contributed by atoms with E-state index in [0.717, 1.165) is 12.8 Å². The van der Waals surface area contributed by atoms with Crippen molar-refractivity contribution in [2.75, 3.05) is 26.3 Å². The van der Waals surface area contributed by atoms with Gasteiger partial charge in [0.05, 0.1) is 25.2 Å². The Balaban J connectivity index is 1.79. The zero-order valence-electron chi connectivity index (χ0n) is 21.0. The fraction of sp³-hybridized carbons (Fsp3) is 0.731. The first kappa shape index (κ1) is 24.9. The molecule has 4 aliphatic heterocycles. The highest BCUT2D eigenvalue weighted by atomic mass is 16.6. The lowest BCUT2D eigenvalue weighted by atomic mass is 9.77. The summed E-state index contributed by atoms with van der Waals surface area (Å²) in [6, 6.07) is -0.952. The number of cyclic esters (lactones) is 1. The first-order valence-electron chi connectivity index (χ1n) is 12.3. The molecule has 1 N–H and O–H groups in total. The maximum atomic E-state index is 14.2. The summed E-state index contributed by atoms with van der Waals surface area (Å²) in [7, 11) is 0. The summed E-state index contributed by atoms with van der Waals surface area (Å²) in [5.74, 6) is -2.74. The van der Waals surface area contributed by atoms with E-state index in [1.54, 1.807) is 0 Å². The minimum absolute atomic E-state index is 0.000499. The normalized spacial score (nSPS) is 35.1. The van der Waals surface area contributed by atoms with Gasteiger partial charge >= 0.3 is 5.97 Å². The van der Waals surface area contributed by atoms with Crippen molar-refractivity contribution in [1.82, 2.24) is 9.80 Å². The fourth-order valence-corrected chi connectivity index (χ4v) is 6.54. The second-order valence-corrected chi connectivity index (χ2v) is 11.7. The molecule has 1 spiro atoms. The van der Waals surface area contributed by atoms with Crippen LogP contribution in [0.15, 0.2) is 24.3 Å². The summed E-state index contributed by atoms with van der Waals surface area (Å²) < 4.78 is 12.0. The summed E-state index contributed by atoms with van der Waals surface area (Å²) in [5, 5.41) is 9.75. The molecule has 0 aromatic carbocycles. The molecule has 4 heterocycles. The number of allylic oxidation sites excluding steroid dienone is 1. The van der Waals surface area contributed by atoms with Crippen molar-refractivity contribution in [2.24, 2.45) is 17.3 Å². The van der Waals surface area contributed by atoms with Crippen molar-refractivity contribution in [1.29, 1.82) is 0 Å². The second kappa shape index (κ2) is 8.79. The summed E-state index contributed by atoms with van der Waals surface area (Å²) in [5.41, 5.74) is -1.78. The van der Waals surface area contributed by atoms with Gasteiger partial charge in [0.2, 0.25) is 11.8 Å². The Morgan fingerprint density at radius 2 is 1.85 bits per heavy atom. The van der Waals surface area contributed by atoms with Crippen LogP contribution in [-0.4, -0.2) is 82.3 Å². The number of rotatable bonds is 4. The standard InChI is InChI=1S/C26H38N2O6/c1-24(2,3)16-25(4,5)28-12-9-11-26-19(21(30)27(13-14-29)20(26)22(28)31)18-17(34-26)10-7-6-8-15-33-23(18)32/h7,9-11,17-20,29H,6,8,12-16H2,1-5H3/b10-7-/t17-,18+,19-,20?,26-/m0/s1. The van der Waals surface area contributed by atoms with Gasteiger partial charge in [-0.2, -0.15) is 0 Å². The SMILES string of the molecule is CC(C)(C)CC(C)(C)N1CC=C[C@]23O[C@H]4/C=C\CCCOC(=O)[C@H]4[C@H]2C(=O)N(CCO)C3C1=O. The van der Waals surface area contributed by atoms with Crippen LogP contribution < -0.4 is 0 Å². The number of aliphatic hydroxyl groups excluding tert-OH is 1. The smallest absolute Gasteiger partial charge is 0.312 e. The molecule has 188 valence electrons. The highest BCUT2D eigenvalue weighted by Crippen LogP contribution is 2.53. The van der Waals surface area contributed by atoms with E-state index in [4.69, 9.17) is 9.47 Å². The zero-order chi connectivity index (χ0) is 24.9. The van der Waals surface area contributed by atoms with E-state index >= 15 is 0 Å². The highest BCUT2D eigenvalue weighted by molar-refractivity contribution is 5.99. The highest BCUT2D eigenvalue weighted by Gasteiger charge is 2.72. The van der Waals surface area contributed by atoms with Gasteiger partial charge in [0, 0.05) is 18.6 Å². The number of likely N-dealkylation sites (tertiary alicyclic amines) is 1. The number of fused-ring (bicyclic) bond motifs is 2. The summed E-state index contributed by atoms with van der Waals surface area (Å²) in [6.07, 6.45) is 9.09. The molecule has 0 bridgehead atoms. The third-order valence-electron chi connectivity index (χ3n) is 7.39. The number of amides is 2. The number of carbonyl (C=O) groups excluding carboxylic acids is 3. The third kappa shape index (κ3) is 4.09. The van der Waals surface area contributed by atoms with Gasteiger partial charge in [-0.05, 0) is 38.5 Å². The number of hydrogen-bond acceptors (Lipinski definition) is 6. The van der Waals surface area contributed by atoms with E-state index in [1.165, 1.54) is 4.90 Å². The van der Waals surface area contributed by atoms with Crippen molar-refractivity contribution in [3.8, 4) is 0 Å². The molecule has 0 saturated carbocycles. The van der Waals surface area contributed by atoms with Crippen molar-refractivity contribution in [3.05, 3.63) is 24.3 Å². The van der Waals surface area contributed by atoms with E-state index in [-0.39, 0.29) is 37.0 Å². The Kier molecular flexibility index (Phi) is 6.44. The molecule has 4 rings (SSSR count). The number of hydrogen-bond donors (Lipinski definition) is 1. The van der Waals surface area contributed by atoms with E-state index < -0.39 is 41.1 Å². The Bertz CT molecular complexity index is 903. The van der Waals surface area contributed by atoms with Crippen LogP contribution in [0.5, 0.6) is 0 Å². The molecule has 0 radical (unpaired) electrons. The molecule has 0 aromatic rings. The molecule has 8 heteroatoms. The van der Waals surface area contributed by atoms with Crippen LogP contribution in [0, 0.1) is 17.3 Å². The average Bonchev–Trinajstić information content (AvgIpc) is 3.11. The van der Waals surface area contributed by atoms with Gasteiger partial charge < -0.3 is 24.4 Å². The Morgan fingerprint density at radius 1 is 1.12 bits per heavy atom. The number of aliphatic hydroxyl groups is 1. The molecule has 1 unspecified atom stereocenters. The van der Waals surface area contributed by atoms with Crippen LogP contribution in [0.1, 0.15) is 53.9 Å². The van der Waals surface area contributed by atoms with Crippen LogP contribution in [0.2, 0.25) is 0 Å². The molecule has 5 atom stereocenters. The van der Waals surface area contributed by atoms with E-state index in [1.807, 2.05) is 43.1 Å². The minimum atomic E-state index is -1.28. The van der Waals surface area contributed by atoms with Crippen molar-refractivity contribution < 1.29 is 29.0 Å². The molecular formula is C26H38N2O6. The molecule has 4 aliphatic rings. The van der Waals surface area contributed by atoms with Gasteiger partial charge in [-0.25, -0.2) is 0 Å². The lowest BCUT2D eigenvalue weighted by Crippen LogP contribution is -2.60. The van der Waals surface area contributed by atoms with Gasteiger partial charge in [0.25, 0.3) is 0 Å². The van der Waals surface area contributed by atoms with Crippen LogP contribution in [0.4, 0.5) is 0 Å². The number of ether oxygens (including phenoxy) is 2. The van der Waals surface area contributed by atoms with Gasteiger partial charge in [-0.15, -0.1) is 0 Å². The van der Waals surface area contributed by atoms with Gasteiger partial charge in [-0.1, -0.05) is 45.1 Å². The van der Waals surface area contributed by atoms with Crippen molar-refractivity contribution >= 4 is 17.8 Å². The van der Waals surface area contributed by atoms with Crippen LogP contribution in [-0.2, 0) is 23.9 Å². The topological polar surface area (TPSA) is 96.4 Å². The number of nitrogens with zero attached hydrogens (tertiary/aromatic N) is 2. The summed E-state index contributed by atoms with van der Waals surface area (Å²) >= 11 is 0. The molecule has 34 heavy (non-hydrogen) atoms. The summed E-state index contributed by atoms with van der Waals surface area (Å²) in [4.78, 5) is 44.3. The number of esters is 1. The van der Waals surface area contributed by atoms with E-state index in [9.17, 15) is 19.5 Å². The van der Waals surface area contributed by atoms with E-state index in [0.29, 0.717) is 13.0 Å². The molecule has 8 nitrogen and oxygen atoms in total.